The predicted molar refractivity (Wildman–Crippen MR) is 157 cm³/mol. The molecule has 10 heteroatoms. The Kier molecular flexibility index (Phi) is 8.56. The number of hydrogen-bond donors (Lipinski definition) is 1. The molecule has 1 N–H and O–H groups in total. The molecule has 1 aliphatic carbocycles. The maximum absolute atomic E-state index is 14.5. The van der Waals surface area contributed by atoms with Crippen molar-refractivity contribution in [3.05, 3.63) is 113 Å². The van der Waals surface area contributed by atoms with Gasteiger partial charge in [0, 0.05) is 43.7 Å². The van der Waals surface area contributed by atoms with Gasteiger partial charge in [0.2, 0.25) is 15.9 Å². The molecular weight excluding hydrogens is 558 g/mol. The zero-order valence-electron chi connectivity index (χ0n) is 23.8. The number of anilines is 1. The van der Waals surface area contributed by atoms with Crippen molar-refractivity contribution >= 4 is 21.6 Å². The summed E-state index contributed by atoms with van der Waals surface area (Å²) in [6, 6.07) is 15.4. The molecule has 0 bridgehead atoms. The number of amides is 1. The first kappa shape index (κ1) is 29.6. The van der Waals surface area contributed by atoms with E-state index in [0.29, 0.717) is 17.9 Å². The highest BCUT2D eigenvalue weighted by atomic mass is 32.2. The predicted octanol–water partition coefficient (Wildman–Crippen LogP) is 6.09. The smallest absolute Gasteiger partial charge is 0.241 e. The monoisotopic (exact) mass is 592 g/mol. The third-order valence-corrected chi connectivity index (χ3v) is 9.32. The lowest BCUT2D eigenvalue weighted by molar-refractivity contribution is -0.119. The molecule has 0 fully saturated rings. The van der Waals surface area contributed by atoms with Crippen LogP contribution in [0.1, 0.15) is 66.2 Å². The van der Waals surface area contributed by atoms with Gasteiger partial charge in [0.15, 0.2) is 0 Å². The van der Waals surface area contributed by atoms with Crippen molar-refractivity contribution in [1.82, 2.24) is 14.3 Å². The topological polar surface area (TPSA) is 84.3 Å². The van der Waals surface area contributed by atoms with E-state index in [1.54, 1.807) is 42.4 Å². The Labute approximate surface area is 245 Å². The highest BCUT2D eigenvalue weighted by Gasteiger charge is 2.29. The number of aryl methyl sites for hydroxylation is 3. The third-order valence-electron chi connectivity index (χ3n) is 7.85. The molecular formula is C32H34F2N4O3S. The van der Waals surface area contributed by atoms with Gasteiger partial charge in [-0.2, -0.15) is 0 Å². The van der Waals surface area contributed by atoms with Crippen molar-refractivity contribution < 1.29 is 22.0 Å². The van der Waals surface area contributed by atoms with E-state index in [1.165, 1.54) is 12.1 Å². The van der Waals surface area contributed by atoms with E-state index in [-0.39, 0.29) is 29.3 Å². The van der Waals surface area contributed by atoms with Gasteiger partial charge in [0.25, 0.3) is 0 Å². The maximum atomic E-state index is 14.5. The number of sulfonamides is 1. The molecule has 1 heterocycles. The van der Waals surface area contributed by atoms with Gasteiger partial charge in [0.05, 0.1) is 11.4 Å². The molecule has 0 unspecified atom stereocenters. The normalized spacial score (nSPS) is 15.7. The SMILES string of the molecule is Cc1cccc(S(=O)(=O)N[C@@H]2CCCc3ccc(N(Cc4nccn4C)C(=O)C[C@H](C)c4ccc(F)cc4F)cc32)c1. The Morgan fingerprint density at radius 1 is 1.14 bits per heavy atom. The molecule has 220 valence electrons. The van der Waals surface area contributed by atoms with E-state index in [4.69, 9.17) is 0 Å². The number of aromatic nitrogens is 2. The molecule has 2 atom stereocenters. The van der Waals surface area contributed by atoms with Crippen LogP contribution in [0.4, 0.5) is 14.5 Å². The van der Waals surface area contributed by atoms with Crippen LogP contribution in [0.2, 0.25) is 0 Å². The number of benzene rings is 3. The summed E-state index contributed by atoms with van der Waals surface area (Å²) < 4.78 is 59.3. The summed E-state index contributed by atoms with van der Waals surface area (Å²) in [4.78, 5) is 20.0. The van der Waals surface area contributed by atoms with E-state index < -0.39 is 33.6 Å². The second-order valence-electron chi connectivity index (χ2n) is 11.0. The fraction of sp³-hybridized carbons (Fsp3) is 0.312. The minimum absolute atomic E-state index is 0.0204. The van der Waals surface area contributed by atoms with E-state index in [2.05, 4.69) is 9.71 Å². The maximum Gasteiger partial charge on any atom is 0.241 e. The summed E-state index contributed by atoms with van der Waals surface area (Å²) in [7, 11) is -1.94. The van der Waals surface area contributed by atoms with Gasteiger partial charge < -0.3 is 9.47 Å². The van der Waals surface area contributed by atoms with Crippen molar-refractivity contribution in [1.29, 1.82) is 0 Å². The van der Waals surface area contributed by atoms with Crippen LogP contribution < -0.4 is 9.62 Å². The van der Waals surface area contributed by atoms with Crippen molar-refractivity contribution in [2.45, 2.75) is 62.9 Å². The lowest BCUT2D eigenvalue weighted by Gasteiger charge is -2.30. The fourth-order valence-electron chi connectivity index (χ4n) is 5.51. The Morgan fingerprint density at radius 3 is 2.67 bits per heavy atom. The van der Waals surface area contributed by atoms with E-state index in [1.807, 2.05) is 42.8 Å². The number of halogens is 2. The molecule has 0 saturated heterocycles. The van der Waals surface area contributed by atoms with Crippen LogP contribution in [0.15, 0.2) is 78.0 Å². The number of rotatable bonds is 9. The molecule has 0 aliphatic heterocycles. The molecule has 4 aromatic rings. The lowest BCUT2D eigenvalue weighted by atomic mass is 9.87. The number of nitrogens with one attached hydrogen (secondary N) is 1. The first-order valence-electron chi connectivity index (χ1n) is 13.9. The zero-order chi connectivity index (χ0) is 30.0. The summed E-state index contributed by atoms with van der Waals surface area (Å²) in [5.41, 5.74) is 3.55. The van der Waals surface area contributed by atoms with Crippen LogP contribution in [-0.4, -0.2) is 23.9 Å². The number of hydrogen-bond acceptors (Lipinski definition) is 4. The van der Waals surface area contributed by atoms with Crippen LogP contribution in [-0.2, 0) is 34.8 Å². The highest BCUT2D eigenvalue weighted by molar-refractivity contribution is 7.89. The Morgan fingerprint density at radius 2 is 1.95 bits per heavy atom. The summed E-state index contributed by atoms with van der Waals surface area (Å²) in [5.74, 6) is -1.48. The minimum Gasteiger partial charge on any atom is -0.337 e. The van der Waals surface area contributed by atoms with Gasteiger partial charge in [-0.25, -0.2) is 26.9 Å². The van der Waals surface area contributed by atoms with Crippen LogP contribution >= 0.6 is 0 Å². The number of fused-ring (bicyclic) bond motifs is 1. The Hall–Kier alpha value is -3.89. The molecule has 1 aliphatic rings. The minimum atomic E-state index is -3.78. The lowest BCUT2D eigenvalue weighted by Crippen LogP contribution is -2.34. The van der Waals surface area contributed by atoms with E-state index >= 15 is 0 Å². The summed E-state index contributed by atoms with van der Waals surface area (Å²) in [6.45, 7) is 3.75. The van der Waals surface area contributed by atoms with Crippen LogP contribution in [0.5, 0.6) is 0 Å². The Bertz CT molecular complexity index is 1720. The van der Waals surface area contributed by atoms with Crippen molar-refractivity contribution in [2.75, 3.05) is 4.90 Å². The van der Waals surface area contributed by atoms with E-state index in [9.17, 15) is 22.0 Å². The quantitative estimate of drug-likeness (QED) is 0.255. The summed E-state index contributed by atoms with van der Waals surface area (Å²) in [5, 5.41) is 0. The van der Waals surface area contributed by atoms with Crippen LogP contribution in [0.3, 0.4) is 0 Å². The molecule has 0 radical (unpaired) electrons. The number of carbonyl (C=O) groups excluding carboxylic acids is 1. The standard InChI is InChI=1S/C32H34F2N4O3S/c1-21-6-4-8-26(16-21)42(40,41)36-30-9-5-7-23-10-12-25(19-28(23)30)38(20-31-35-14-15-37(31)3)32(39)17-22(2)27-13-11-24(33)18-29(27)34/h4,6,8,10-16,18-19,22,30,36H,5,7,9,17,20H2,1-3H3/t22-,30+/m0/s1. The molecule has 5 rings (SSSR count). The molecule has 0 spiro atoms. The van der Waals surface area contributed by atoms with Crippen molar-refractivity contribution in [2.24, 2.45) is 7.05 Å². The van der Waals surface area contributed by atoms with Gasteiger partial charge in [-0.1, -0.05) is 31.2 Å². The average Bonchev–Trinajstić information content (AvgIpc) is 3.35. The fourth-order valence-corrected chi connectivity index (χ4v) is 6.87. The second-order valence-corrected chi connectivity index (χ2v) is 12.7. The molecule has 7 nitrogen and oxygen atoms in total. The Balaban J connectivity index is 1.47. The van der Waals surface area contributed by atoms with Crippen LogP contribution in [0.25, 0.3) is 0 Å². The highest BCUT2D eigenvalue weighted by Crippen LogP contribution is 2.35. The van der Waals surface area contributed by atoms with Crippen molar-refractivity contribution in [3.8, 4) is 0 Å². The zero-order valence-corrected chi connectivity index (χ0v) is 24.7. The van der Waals surface area contributed by atoms with Crippen LogP contribution in [0, 0.1) is 18.6 Å². The first-order valence-corrected chi connectivity index (χ1v) is 15.4. The average molecular weight is 593 g/mol. The van der Waals surface area contributed by atoms with Gasteiger partial charge in [-0.15, -0.1) is 0 Å². The van der Waals surface area contributed by atoms with Gasteiger partial charge >= 0.3 is 0 Å². The first-order chi connectivity index (χ1) is 20.0. The molecule has 0 saturated carbocycles. The third kappa shape index (κ3) is 6.44. The van der Waals surface area contributed by atoms with Gasteiger partial charge in [-0.3, -0.25) is 4.79 Å². The van der Waals surface area contributed by atoms with E-state index in [0.717, 1.165) is 35.6 Å². The molecule has 3 aromatic carbocycles. The van der Waals surface area contributed by atoms with Crippen molar-refractivity contribution in [3.63, 3.8) is 0 Å². The number of carbonyl (C=O) groups is 1. The molecule has 1 aromatic heterocycles. The van der Waals surface area contributed by atoms with Gasteiger partial charge in [0.1, 0.15) is 17.5 Å². The summed E-state index contributed by atoms with van der Waals surface area (Å²) >= 11 is 0. The number of nitrogens with zero attached hydrogens (tertiary/aromatic N) is 3. The molecule has 1 amide bonds. The molecule has 42 heavy (non-hydrogen) atoms. The van der Waals surface area contributed by atoms with Gasteiger partial charge in [-0.05, 0) is 84.7 Å². The second kappa shape index (κ2) is 12.1. The summed E-state index contributed by atoms with van der Waals surface area (Å²) in [6.07, 6.45) is 5.66. The number of imidazole rings is 1. The largest absolute Gasteiger partial charge is 0.337 e.